The summed E-state index contributed by atoms with van der Waals surface area (Å²) in [6, 6.07) is 12.5. The van der Waals surface area contributed by atoms with Gasteiger partial charge in [0, 0.05) is 21.2 Å². The van der Waals surface area contributed by atoms with Gasteiger partial charge in [0.1, 0.15) is 0 Å². The van der Waals surface area contributed by atoms with E-state index in [4.69, 9.17) is 28.3 Å². The highest BCUT2D eigenvalue weighted by Gasteiger charge is 2.47. The van der Waals surface area contributed by atoms with E-state index in [1.54, 1.807) is 36.4 Å². The fourth-order valence-corrected chi connectivity index (χ4v) is 4.23. The van der Waals surface area contributed by atoms with Gasteiger partial charge in [0.05, 0.1) is 26.0 Å². The van der Waals surface area contributed by atoms with Crippen LogP contribution in [0, 0.1) is 0 Å². The number of fused-ring (bicyclic) bond motifs is 1. The van der Waals surface area contributed by atoms with E-state index in [2.05, 4.69) is 19.7 Å². The monoisotopic (exact) mass is 692 g/mol. The highest BCUT2D eigenvalue weighted by molar-refractivity contribution is 6.31. The van der Waals surface area contributed by atoms with E-state index in [0.717, 1.165) is 0 Å². The molecule has 0 fully saturated rings. The predicted molar refractivity (Wildman–Crippen MR) is 142 cm³/mol. The van der Waals surface area contributed by atoms with E-state index in [-0.39, 0.29) is 15.9 Å². The first kappa shape index (κ1) is 34.5. The zero-order chi connectivity index (χ0) is 33.3. The van der Waals surface area contributed by atoms with Gasteiger partial charge in [-0.05, 0) is 35.4 Å². The molecule has 2 heterocycles. The summed E-state index contributed by atoms with van der Waals surface area (Å²) in [5, 5.41) is 17.6. The number of alkyl halides is 9. The third kappa shape index (κ3) is 8.26. The number of ether oxygens (including phenoxy) is 2. The third-order valence-corrected chi connectivity index (χ3v) is 6.76. The maximum Gasteiger partial charge on any atom is 0.416 e. The minimum Gasteiger partial charge on any atom is -0.382 e. The Morgan fingerprint density at radius 3 is 1.78 bits per heavy atom. The van der Waals surface area contributed by atoms with Crippen LogP contribution in [0.1, 0.15) is 0 Å². The van der Waals surface area contributed by atoms with Crippen LogP contribution in [0.15, 0.2) is 59.5 Å². The molecule has 0 amide bonds. The molecular weight excluding hydrogens is 674 g/mol. The van der Waals surface area contributed by atoms with Crippen molar-refractivity contribution in [2.75, 3.05) is 13.2 Å². The molecule has 19 heteroatoms. The van der Waals surface area contributed by atoms with Gasteiger partial charge < -0.3 is 14.6 Å². The number of rotatable bonds is 10. The number of nitrogens with zero attached hydrogens (tertiary/aromatic N) is 4. The van der Waals surface area contributed by atoms with Crippen molar-refractivity contribution in [1.82, 2.24) is 19.4 Å². The van der Waals surface area contributed by atoms with E-state index >= 15 is 0 Å². The van der Waals surface area contributed by atoms with Crippen LogP contribution in [0.25, 0.3) is 27.9 Å². The lowest BCUT2D eigenvalue weighted by molar-refractivity contribution is -0.280. The van der Waals surface area contributed by atoms with Crippen LogP contribution in [0.5, 0.6) is 0 Å². The molecule has 3 unspecified atom stereocenters. The molecule has 3 atom stereocenters. The average Bonchev–Trinajstić information content (AvgIpc) is 3.25. The second-order valence-electron chi connectivity index (χ2n) is 9.43. The SMILES string of the molecule is O=c1n(CC(OCC(OCC(O)C(F)(F)F)C(F)(F)F)C(F)(F)F)nc2c(-c3ccc(Cl)cc3)c(-c3ccc(Cl)cc3)cnn12. The van der Waals surface area contributed by atoms with Gasteiger partial charge in [-0.2, -0.15) is 49.1 Å². The van der Waals surface area contributed by atoms with Crippen molar-refractivity contribution in [1.29, 1.82) is 0 Å². The zero-order valence-electron chi connectivity index (χ0n) is 22.2. The Hall–Kier alpha value is -3.38. The van der Waals surface area contributed by atoms with E-state index < -0.39 is 62.3 Å². The van der Waals surface area contributed by atoms with Gasteiger partial charge in [0.25, 0.3) is 0 Å². The Morgan fingerprint density at radius 2 is 1.27 bits per heavy atom. The molecule has 0 aliphatic rings. The first-order chi connectivity index (χ1) is 20.9. The molecule has 8 nitrogen and oxygen atoms in total. The molecule has 45 heavy (non-hydrogen) atoms. The molecule has 4 aromatic rings. The minimum absolute atomic E-state index is 0.228. The van der Waals surface area contributed by atoms with E-state index in [0.29, 0.717) is 31.3 Å². The molecule has 0 aliphatic carbocycles. The normalized spacial score (nSPS) is 14.9. The van der Waals surface area contributed by atoms with E-state index in [1.165, 1.54) is 18.3 Å². The van der Waals surface area contributed by atoms with Crippen molar-refractivity contribution in [3.05, 3.63) is 75.3 Å². The fourth-order valence-electron chi connectivity index (χ4n) is 3.98. The molecule has 0 saturated heterocycles. The Bertz CT molecular complexity index is 1670. The first-order valence-electron chi connectivity index (χ1n) is 12.5. The number of hydrogen-bond donors (Lipinski definition) is 1. The fraction of sp³-hybridized carbons (Fsp3) is 0.346. The molecule has 0 radical (unpaired) electrons. The lowest BCUT2D eigenvalue weighted by Crippen LogP contribution is -2.45. The molecule has 0 saturated carbocycles. The highest BCUT2D eigenvalue weighted by atomic mass is 35.5. The molecule has 244 valence electrons. The van der Waals surface area contributed by atoms with Crippen LogP contribution >= 0.6 is 23.2 Å². The van der Waals surface area contributed by atoms with Gasteiger partial charge >= 0.3 is 24.2 Å². The lowest BCUT2D eigenvalue weighted by atomic mass is 9.97. The van der Waals surface area contributed by atoms with E-state index in [1.807, 2.05) is 0 Å². The molecule has 0 bridgehead atoms. The molecule has 0 aliphatic heterocycles. The van der Waals surface area contributed by atoms with Gasteiger partial charge in [0.2, 0.25) is 0 Å². The largest absolute Gasteiger partial charge is 0.416 e. The zero-order valence-corrected chi connectivity index (χ0v) is 23.7. The highest BCUT2D eigenvalue weighted by Crippen LogP contribution is 2.35. The summed E-state index contributed by atoms with van der Waals surface area (Å²) in [4.78, 5) is 13.1. The smallest absolute Gasteiger partial charge is 0.382 e. The standard InChI is InChI=1S/C26H19Cl2F9N4O4/c27-15-5-1-13(2-6-15)17-9-38-41-22(21(17)14-3-7-16(28)8-4-14)39-40(23(41)43)10-19(25(32,33)34)45-12-20(26(35,36)37)44-11-18(42)24(29,30)31/h1-9,18-20,42H,10-12H2. The Labute approximate surface area is 256 Å². The van der Waals surface area contributed by atoms with Crippen molar-refractivity contribution < 1.29 is 54.1 Å². The van der Waals surface area contributed by atoms with Crippen LogP contribution in [-0.4, -0.2) is 74.6 Å². The summed E-state index contributed by atoms with van der Waals surface area (Å²) < 4.78 is 128. The quantitative estimate of drug-likeness (QED) is 0.195. The molecule has 1 N–H and O–H groups in total. The summed E-state index contributed by atoms with van der Waals surface area (Å²) >= 11 is 12.0. The summed E-state index contributed by atoms with van der Waals surface area (Å²) in [7, 11) is 0. The Balaban J connectivity index is 1.70. The number of hydrogen-bond acceptors (Lipinski definition) is 6. The van der Waals surface area contributed by atoms with Crippen LogP contribution in [0.3, 0.4) is 0 Å². The molecule has 0 spiro atoms. The second kappa shape index (κ2) is 13.2. The summed E-state index contributed by atoms with van der Waals surface area (Å²) in [6.07, 6.45) is -24.7. The van der Waals surface area contributed by atoms with Gasteiger partial charge in [0.15, 0.2) is 24.0 Å². The Kier molecular flexibility index (Phi) is 10.1. The summed E-state index contributed by atoms with van der Waals surface area (Å²) in [5.41, 5.74) is 0.132. The summed E-state index contributed by atoms with van der Waals surface area (Å²) in [6.45, 7) is -5.30. The number of halogens is 11. The molecular formula is C26H19Cl2F9N4O4. The minimum atomic E-state index is -5.48. The van der Waals surface area contributed by atoms with Crippen molar-refractivity contribution in [2.45, 2.75) is 43.4 Å². The average molecular weight is 693 g/mol. The van der Waals surface area contributed by atoms with Crippen molar-refractivity contribution in [3.63, 3.8) is 0 Å². The predicted octanol–water partition coefficient (Wildman–Crippen LogP) is 6.35. The lowest BCUT2D eigenvalue weighted by Gasteiger charge is -2.26. The number of benzene rings is 2. The Morgan fingerprint density at radius 1 is 0.756 bits per heavy atom. The number of aromatic nitrogens is 4. The molecule has 2 aromatic carbocycles. The van der Waals surface area contributed by atoms with Gasteiger partial charge in [-0.3, -0.25) is 0 Å². The second-order valence-corrected chi connectivity index (χ2v) is 10.3. The van der Waals surface area contributed by atoms with Crippen LogP contribution in [-0.2, 0) is 16.0 Å². The van der Waals surface area contributed by atoms with Crippen molar-refractivity contribution in [2.24, 2.45) is 0 Å². The molecule has 4 rings (SSSR count). The summed E-state index contributed by atoms with van der Waals surface area (Å²) in [5.74, 6) is 0. The maximum atomic E-state index is 13.9. The van der Waals surface area contributed by atoms with Crippen molar-refractivity contribution in [3.8, 4) is 22.3 Å². The number of aliphatic hydroxyl groups excluding tert-OH is 1. The van der Waals surface area contributed by atoms with Crippen LogP contribution in [0.2, 0.25) is 10.0 Å². The topological polar surface area (TPSA) is 90.9 Å². The van der Waals surface area contributed by atoms with Gasteiger partial charge in [-0.15, -0.1) is 5.10 Å². The first-order valence-corrected chi connectivity index (χ1v) is 13.2. The molecule has 2 aromatic heterocycles. The van der Waals surface area contributed by atoms with E-state index in [9.17, 15) is 44.3 Å². The van der Waals surface area contributed by atoms with Crippen LogP contribution in [0.4, 0.5) is 39.5 Å². The van der Waals surface area contributed by atoms with Crippen molar-refractivity contribution >= 4 is 28.8 Å². The number of aliphatic hydroxyl groups is 1. The third-order valence-electron chi connectivity index (χ3n) is 6.25. The van der Waals surface area contributed by atoms with Gasteiger partial charge in [-0.1, -0.05) is 47.5 Å². The van der Waals surface area contributed by atoms with Crippen LogP contribution < -0.4 is 5.69 Å². The maximum absolute atomic E-state index is 13.9. The van der Waals surface area contributed by atoms with Gasteiger partial charge in [-0.25, -0.2) is 9.48 Å².